The van der Waals surface area contributed by atoms with Gasteiger partial charge in [-0.3, -0.25) is 4.79 Å². The summed E-state index contributed by atoms with van der Waals surface area (Å²) in [6, 6.07) is 6.85. The molecule has 0 aromatic carbocycles. The fraction of sp³-hybridized carbons (Fsp3) is 0.526. The SMILES string of the molecule is CCc1cc(-c2ccc(CNC3CCC(O)CC3)s2)c(C)[nH]c1=O.Cl. The molecule has 138 valence electrons. The molecule has 0 saturated heterocycles. The average Bonchev–Trinajstić information content (AvgIpc) is 3.03. The molecule has 1 fully saturated rings. The number of hydrogen-bond donors (Lipinski definition) is 3. The van der Waals surface area contributed by atoms with Gasteiger partial charge in [-0.2, -0.15) is 0 Å². The molecular weight excluding hydrogens is 356 g/mol. The minimum Gasteiger partial charge on any atom is -0.393 e. The van der Waals surface area contributed by atoms with Crippen LogP contribution in [0, 0.1) is 6.92 Å². The number of hydrogen-bond acceptors (Lipinski definition) is 4. The number of aliphatic hydroxyl groups is 1. The Bertz CT molecular complexity index is 748. The highest BCUT2D eigenvalue weighted by molar-refractivity contribution is 7.15. The normalized spacial score (nSPS) is 20.3. The summed E-state index contributed by atoms with van der Waals surface area (Å²) in [5.41, 5.74) is 2.92. The van der Waals surface area contributed by atoms with Crippen molar-refractivity contribution in [1.29, 1.82) is 0 Å². The standard InChI is InChI=1S/C19H26N2O2S.ClH/c1-3-13-10-17(12(2)21-19(13)23)18-9-8-16(24-18)11-20-14-4-6-15(22)7-5-14;/h8-10,14-15,20,22H,3-7,11H2,1-2H3,(H,21,23);1H. The molecule has 1 aliphatic carbocycles. The van der Waals surface area contributed by atoms with Crippen LogP contribution in [0.25, 0.3) is 10.4 Å². The molecule has 3 rings (SSSR count). The van der Waals surface area contributed by atoms with Crippen LogP contribution in [-0.4, -0.2) is 22.2 Å². The van der Waals surface area contributed by atoms with E-state index in [1.54, 1.807) is 11.3 Å². The third-order valence-electron chi connectivity index (χ3n) is 4.88. The van der Waals surface area contributed by atoms with E-state index in [1.165, 1.54) is 9.75 Å². The monoisotopic (exact) mass is 382 g/mol. The summed E-state index contributed by atoms with van der Waals surface area (Å²) >= 11 is 1.78. The fourth-order valence-corrected chi connectivity index (χ4v) is 4.36. The number of rotatable bonds is 5. The molecule has 4 nitrogen and oxygen atoms in total. The second-order valence-electron chi connectivity index (χ2n) is 6.67. The third kappa shape index (κ3) is 4.94. The number of aromatic amines is 1. The topological polar surface area (TPSA) is 65.1 Å². The highest BCUT2D eigenvalue weighted by Gasteiger charge is 2.19. The molecule has 2 heterocycles. The van der Waals surface area contributed by atoms with Crippen LogP contribution in [-0.2, 0) is 13.0 Å². The van der Waals surface area contributed by atoms with Crippen LogP contribution in [0.3, 0.4) is 0 Å². The van der Waals surface area contributed by atoms with Gasteiger partial charge in [-0.05, 0) is 57.2 Å². The zero-order valence-electron chi connectivity index (χ0n) is 14.8. The lowest BCUT2D eigenvalue weighted by molar-refractivity contribution is 0.116. The van der Waals surface area contributed by atoms with Gasteiger partial charge in [0.05, 0.1) is 6.10 Å². The maximum absolute atomic E-state index is 11.9. The smallest absolute Gasteiger partial charge is 0.251 e. The summed E-state index contributed by atoms with van der Waals surface area (Å²) in [6.07, 6.45) is 4.56. The van der Waals surface area contributed by atoms with E-state index in [2.05, 4.69) is 22.4 Å². The van der Waals surface area contributed by atoms with Crippen LogP contribution in [0.4, 0.5) is 0 Å². The van der Waals surface area contributed by atoms with E-state index in [4.69, 9.17) is 0 Å². The Balaban J connectivity index is 0.00000225. The van der Waals surface area contributed by atoms with Crippen LogP contribution in [0.1, 0.15) is 48.7 Å². The molecule has 0 bridgehead atoms. The molecule has 25 heavy (non-hydrogen) atoms. The molecule has 0 atom stereocenters. The fourth-order valence-electron chi connectivity index (χ4n) is 3.33. The van der Waals surface area contributed by atoms with E-state index < -0.39 is 0 Å². The zero-order valence-corrected chi connectivity index (χ0v) is 16.4. The van der Waals surface area contributed by atoms with Crippen molar-refractivity contribution in [3.05, 3.63) is 44.7 Å². The molecule has 0 spiro atoms. The Labute approximate surface area is 159 Å². The van der Waals surface area contributed by atoms with Crippen molar-refractivity contribution in [3.8, 4) is 10.4 Å². The highest BCUT2D eigenvalue weighted by atomic mass is 35.5. The summed E-state index contributed by atoms with van der Waals surface area (Å²) in [4.78, 5) is 17.4. The van der Waals surface area contributed by atoms with Crippen LogP contribution in [0.2, 0.25) is 0 Å². The molecule has 0 radical (unpaired) electrons. The van der Waals surface area contributed by atoms with Crippen LogP contribution in [0.5, 0.6) is 0 Å². The number of pyridine rings is 1. The van der Waals surface area contributed by atoms with Gasteiger partial charge >= 0.3 is 0 Å². The van der Waals surface area contributed by atoms with Crippen molar-refractivity contribution < 1.29 is 5.11 Å². The van der Waals surface area contributed by atoms with Crippen molar-refractivity contribution in [2.45, 2.75) is 64.6 Å². The first-order valence-corrected chi connectivity index (χ1v) is 9.61. The third-order valence-corrected chi connectivity index (χ3v) is 6.00. The molecule has 1 aliphatic rings. The first-order valence-electron chi connectivity index (χ1n) is 8.80. The zero-order chi connectivity index (χ0) is 17.1. The van der Waals surface area contributed by atoms with Gasteiger partial charge in [0.1, 0.15) is 0 Å². The number of halogens is 1. The van der Waals surface area contributed by atoms with Gasteiger partial charge in [0.2, 0.25) is 0 Å². The number of H-pyrrole nitrogens is 1. The summed E-state index contributed by atoms with van der Waals surface area (Å²) in [7, 11) is 0. The van der Waals surface area contributed by atoms with E-state index in [-0.39, 0.29) is 24.1 Å². The Hall–Kier alpha value is -1.14. The average molecular weight is 383 g/mol. The predicted octanol–water partition coefficient (Wildman–Crippen LogP) is 3.79. The number of aliphatic hydroxyl groups excluding tert-OH is 1. The largest absolute Gasteiger partial charge is 0.393 e. The van der Waals surface area contributed by atoms with E-state index in [0.29, 0.717) is 6.04 Å². The highest BCUT2D eigenvalue weighted by Crippen LogP contribution is 2.30. The molecule has 6 heteroatoms. The van der Waals surface area contributed by atoms with Gasteiger partial charge in [0.15, 0.2) is 0 Å². The van der Waals surface area contributed by atoms with E-state index in [0.717, 1.165) is 55.5 Å². The van der Waals surface area contributed by atoms with E-state index in [1.807, 2.05) is 19.9 Å². The Morgan fingerprint density at radius 2 is 2.00 bits per heavy atom. The molecule has 2 aromatic heterocycles. The number of nitrogens with one attached hydrogen (secondary N) is 2. The van der Waals surface area contributed by atoms with Crippen molar-refractivity contribution in [2.24, 2.45) is 0 Å². The van der Waals surface area contributed by atoms with Crippen LogP contribution < -0.4 is 10.9 Å². The van der Waals surface area contributed by atoms with E-state index >= 15 is 0 Å². The van der Waals surface area contributed by atoms with Gasteiger partial charge in [-0.25, -0.2) is 0 Å². The van der Waals surface area contributed by atoms with Gasteiger partial charge in [0.25, 0.3) is 5.56 Å². The Morgan fingerprint density at radius 3 is 2.68 bits per heavy atom. The predicted molar refractivity (Wildman–Crippen MR) is 107 cm³/mol. The van der Waals surface area contributed by atoms with Gasteiger partial charge in [0, 0.05) is 39.2 Å². The van der Waals surface area contributed by atoms with Crippen molar-refractivity contribution >= 4 is 23.7 Å². The minimum absolute atomic E-state index is 0. The van der Waals surface area contributed by atoms with Crippen molar-refractivity contribution in [2.75, 3.05) is 0 Å². The molecule has 2 aromatic rings. The molecule has 1 saturated carbocycles. The quantitative estimate of drug-likeness (QED) is 0.737. The van der Waals surface area contributed by atoms with Crippen molar-refractivity contribution in [3.63, 3.8) is 0 Å². The summed E-state index contributed by atoms with van der Waals surface area (Å²) < 4.78 is 0. The summed E-state index contributed by atoms with van der Waals surface area (Å²) in [5, 5.41) is 13.2. The Morgan fingerprint density at radius 1 is 1.28 bits per heavy atom. The lowest BCUT2D eigenvalue weighted by atomic mass is 9.93. The summed E-state index contributed by atoms with van der Waals surface area (Å²) in [6.45, 7) is 4.84. The Kier molecular flexibility index (Phi) is 7.25. The number of aryl methyl sites for hydroxylation is 2. The minimum atomic E-state index is -0.104. The lowest BCUT2D eigenvalue weighted by Gasteiger charge is -2.26. The number of aromatic nitrogens is 1. The lowest BCUT2D eigenvalue weighted by Crippen LogP contribution is -2.33. The van der Waals surface area contributed by atoms with Crippen LogP contribution in [0.15, 0.2) is 23.0 Å². The summed E-state index contributed by atoms with van der Waals surface area (Å²) in [5.74, 6) is 0. The molecule has 3 N–H and O–H groups in total. The maximum Gasteiger partial charge on any atom is 0.251 e. The molecule has 0 aliphatic heterocycles. The first-order chi connectivity index (χ1) is 11.6. The van der Waals surface area contributed by atoms with Crippen LogP contribution >= 0.6 is 23.7 Å². The molecular formula is C19H27ClN2O2S. The second kappa shape index (κ2) is 8.99. The molecule has 0 amide bonds. The molecule has 0 unspecified atom stereocenters. The number of thiophene rings is 1. The van der Waals surface area contributed by atoms with E-state index in [9.17, 15) is 9.90 Å². The first kappa shape index (κ1) is 20.2. The van der Waals surface area contributed by atoms with Gasteiger partial charge in [-0.1, -0.05) is 6.92 Å². The maximum atomic E-state index is 11.9. The van der Waals surface area contributed by atoms with Gasteiger partial charge < -0.3 is 15.4 Å². The van der Waals surface area contributed by atoms with Crippen molar-refractivity contribution in [1.82, 2.24) is 10.3 Å². The second-order valence-corrected chi connectivity index (χ2v) is 7.84. The van der Waals surface area contributed by atoms with Gasteiger partial charge in [-0.15, -0.1) is 23.7 Å².